The highest BCUT2D eigenvalue weighted by Gasteiger charge is 2.32. The molecule has 3 rings (SSSR count). The van der Waals surface area contributed by atoms with E-state index in [4.69, 9.17) is 0 Å². The van der Waals surface area contributed by atoms with Gasteiger partial charge in [0.15, 0.2) is 0 Å². The van der Waals surface area contributed by atoms with Gasteiger partial charge < -0.3 is 5.32 Å². The molecule has 1 heterocycles. The highest BCUT2D eigenvalue weighted by atomic mass is 127. The number of nitrogens with zero attached hydrogens (tertiary/aromatic N) is 1. The fraction of sp³-hybridized carbons (Fsp3) is 0.350. The smallest absolute Gasteiger partial charge is 0.243 e. The van der Waals surface area contributed by atoms with Crippen molar-refractivity contribution in [2.24, 2.45) is 5.92 Å². The molecule has 2 aromatic carbocycles. The highest BCUT2D eigenvalue weighted by molar-refractivity contribution is 14.1. The van der Waals surface area contributed by atoms with Gasteiger partial charge in [0, 0.05) is 28.3 Å². The van der Waals surface area contributed by atoms with Crippen LogP contribution in [-0.4, -0.2) is 31.7 Å². The predicted octanol–water partition coefficient (Wildman–Crippen LogP) is 3.95. The van der Waals surface area contributed by atoms with E-state index in [-0.39, 0.29) is 11.8 Å². The van der Waals surface area contributed by atoms with Gasteiger partial charge in [-0.2, -0.15) is 4.31 Å². The maximum atomic E-state index is 12.9. The number of carbonyl (C=O) groups excluding carboxylic acids is 1. The second-order valence-electron chi connectivity index (χ2n) is 6.94. The van der Waals surface area contributed by atoms with Crippen LogP contribution in [-0.2, 0) is 14.8 Å². The van der Waals surface area contributed by atoms with E-state index in [1.54, 1.807) is 6.07 Å². The van der Waals surface area contributed by atoms with Crippen LogP contribution in [0, 0.1) is 23.3 Å². The molecular weight excluding hydrogens is 475 g/mol. The summed E-state index contributed by atoms with van der Waals surface area (Å²) in [4.78, 5) is 12.8. The molecule has 27 heavy (non-hydrogen) atoms. The molecule has 0 saturated carbocycles. The molecule has 0 radical (unpaired) electrons. The normalized spacial score (nSPS) is 16.3. The van der Waals surface area contributed by atoms with E-state index in [2.05, 4.69) is 27.9 Å². The lowest BCUT2D eigenvalue weighted by molar-refractivity contribution is -0.120. The van der Waals surface area contributed by atoms with E-state index in [0.29, 0.717) is 30.8 Å². The van der Waals surface area contributed by atoms with E-state index < -0.39 is 10.0 Å². The van der Waals surface area contributed by atoms with Crippen LogP contribution < -0.4 is 5.32 Å². The largest absolute Gasteiger partial charge is 0.326 e. The van der Waals surface area contributed by atoms with Crippen LogP contribution in [0.25, 0.3) is 0 Å². The third-order valence-electron chi connectivity index (χ3n) is 4.88. The van der Waals surface area contributed by atoms with Gasteiger partial charge in [0.05, 0.1) is 4.90 Å². The summed E-state index contributed by atoms with van der Waals surface area (Å²) in [6.45, 7) is 4.49. The minimum Gasteiger partial charge on any atom is -0.326 e. The summed E-state index contributed by atoms with van der Waals surface area (Å²) >= 11 is 2.22. The highest BCUT2D eigenvalue weighted by Crippen LogP contribution is 2.27. The molecule has 7 heteroatoms. The second kappa shape index (κ2) is 8.28. The lowest BCUT2D eigenvalue weighted by Crippen LogP contribution is -2.41. The molecule has 1 amide bonds. The van der Waals surface area contributed by atoms with Gasteiger partial charge in [0.2, 0.25) is 15.9 Å². The molecule has 1 N–H and O–H groups in total. The first-order valence-electron chi connectivity index (χ1n) is 8.91. The number of rotatable bonds is 4. The third kappa shape index (κ3) is 4.70. The molecule has 0 spiro atoms. The molecule has 0 aromatic heterocycles. The molecule has 144 valence electrons. The Morgan fingerprint density at radius 2 is 1.70 bits per heavy atom. The summed E-state index contributed by atoms with van der Waals surface area (Å²) in [7, 11) is -3.52. The van der Waals surface area contributed by atoms with Crippen molar-refractivity contribution in [2.75, 3.05) is 18.4 Å². The monoisotopic (exact) mass is 498 g/mol. The Morgan fingerprint density at radius 1 is 1.07 bits per heavy atom. The summed E-state index contributed by atoms with van der Waals surface area (Å²) in [5, 5.41) is 2.93. The van der Waals surface area contributed by atoms with Crippen molar-refractivity contribution in [1.29, 1.82) is 0 Å². The zero-order chi connectivity index (χ0) is 19.6. The zero-order valence-corrected chi connectivity index (χ0v) is 18.4. The molecule has 0 aliphatic carbocycles. The number of carbonyl (C=O) groups is 1. The summed E-state index contributed by atoms with van der Waals surface area (Å²) in [5.41, 5.74) is 2.57. The van der Waals surface area contributed by atoms with Crippen molar-refractivity contribution < 1.29 is 13.2 Å². The maximum Gasteiger partial charge on any atom is 0.243 e. The molecule has 1 aliphatic heterocycles. The first-order valence-corrected chi connectivity index (χ1v) is 11.4. The van der Waals surface area contributed by atoms with E-state index in [1.807, 2.05) is 50.2 Å². The Morgan fingerprint density at radius 3 is 2.30 bits per heavy atom. The first-order chi connectivity index (χ1) is 12.8. The number of halogens is 1. The summed E-state index contributed by atoms with van der Waals surface area (Å²) < 4.78 is 28.5. The van der Waals surface area contributed by atoms with Crippen LogP contribution >= 0.6 is 22.6 Å². The lowest BCUT2D eigenvalue weighted by atomic mass is 9.97. The van der Waals surface area contributed by atoms with E-state index in [9.17, 15) is 13.2 Å². The van der Waals surface area contributed by atoms with E-state index in [1.165, 1.54) is 4.31 Å². The number of nitrogens with one attached hydrogen (secondary N) is 1. The molecule has 5 nitrogen and oxygen atoms in total. The average molecular weight is 498 g/mol. The Balaban J connectivity index is 1.64. The molecule has 1 fully saturated rings. The average Bonchev–Trinajstić information content (AvgIpc) is 2.63. The summed E-state index contributed by atoms with van der Waals surface area (Å²) in [6, 6.07) is 13.0. The summed E-state index contributed by atoms with van der Waals surface area (Å²) in [6.07, 6.45) is 1.06. The Hall–Kier alpha value is -1.45. The molecular formula is C20H23IN2O3S. The lowest BCUT2D eigenvalue weighted by Gasteiger charge is -2.31. The van der Waals surface area contributed by atoms with Gasteiger partial charge in [-0.3, -0.25) is 4.79 Å². The van der Waals surface area contributed by atoms with Crippen LogP contribution in [0.1, 0.15) is 24.0 Å². The number of benzene rings is 2. The van der Waals surface area contributed by atoms with Crippen molar-refractivity contribution in [1.82, 2.24) is 4.31 Å². The van der Waals surface area contributed by atoms with Gasteiger partial charge in [0.25, 0.3) is 0 Å². The maximum absolute atomic E-state index is 12.9. The van der Waals surface area contributed by atoms with Crippen LogP contribution in [0.2, 0.25) is 0 Å². The van der Waals surface area contributed by atoms with Crippen molar-refractivity contribution in [3.05, 3.63) is 57.2 Å². The van der Waals surface area contributed by atoms with Gasteiger partial charge in [-0.05, 0) is 85.2 Å². The second-order valence-corrected chi connectivity index (χ2v) is 10.1. The topological polar surface area (TPSA) is 66.5 Å². The van der Waals surface area contributed by atoms with Gasteiger partial charge in [-0.1, -0.05) is 17.7 Å². The number of aryl methyl sites for hydroxylation is 2. The van der Waals surface area contributed by atoms with E-state index in [0.717, 1.165) is 20.4 Å². The first kappa shape index (κ1) is 20.3. The number of hydrogen-bond donors (Lipinski definition) is 1. The van der Waals surface area contributed by atoms with Gasteiger partial charge in [0.1, 0.15) is 0 Å². The van der Waals surface area contributed by atoms with Crippen molar-refractivity contribution in [3.8, 4) is 0 Å². The van der Waals surface area contributed by atoms with Crippen molar-refractivity contribution >= 4 is 44.2 Å². The fourth-order valence-electron chi connectivity index (χ4n) is 3.36. The number of sulfonamides is 1. The number of amides is 1. The van der Waals surface area contributed by atoms with Crippen LogP contribution in [0.4, 0.5) is 5.69 Å². The molecule has 1 saturated heterocycles. The standard InChI is InChI=1S/C20H23IN2O3S/c1-14-3-8-19(15(2)13-14)27(25,26)23-11-9-16(10-12-23)20(24)22-18-6-4-17(21)5-7-18/h3-8,13,16H,9-12H2,1-2H3,(H,22,24). The van der Waals surface area contributed by atoms with Crippen LogP contribution in [0.3, 0.4) is 0 Å². The van der Waals surface area contributed by atoms with Gasteiger partial charge in [-0.15, -0.1) is 0 Å². The predicted molar refractivity (Wildman–Crippen MR) is 115 cm³/mol. The SMILES string of the molecule is Cc1ccc(S(=O)(=O)N2CCC(C(=O)Nc3ccc(I)cc3)CC2)c(C)c1. The molecule has 1 aliphatic rings. The van der Waals surface area contributed by atoms with Crippen LogP contribution in [0.15, 0.2) is 47.4 Å². The molecule has 0 atom stereocenters. The third-order valence-corrected chi connectivity index (χ3v) is 7.66. The van der Waals surface area contributed by atoms with E-state index >= 15 is 0 Å². The quantitative estimate of drug-likeness (QED) is 0.650. The molecule has 2 aromatic rings. The van der Waals surface area contributed by atoms with Crippen molar-refractivity contribution in [3.63, 3.8) is 0 Å². The minimum atomic E-state index is -3.52. The fourth-order valence-corrected chi connectivity index (χ4v) is 5.40. The Labute approximate surface area is 174 Å². The summed E-state index contributed by atoms with van der Waals surface area (Å²) in [5.74, 6) is -0.213. The number of piperidine rings is 1. The van der Waals surface area contributed by atoms with Crippen molar-refractivity contribution in [2.45, 2.75) is 31.6 Å². The van der Waals surface area contributed by atoms with Gasteiger partial charge >= 0.3 is 0 Å². The molecule has 0 bridgehead atoms. The Bertz CT molecular complexity index is 934. The number of hydrogen-bond acceptors (Lipinski definition) is 3. The van der Waals surface area contributed by atoms with Crippen LogP contribution in [0.5, 0.6) is 0 Å². The Kier molecular flexibility index (Phi) is 6.22. The minimum absolute atomic E-state index is 0.0419. The number of anilines is 1. The zero-order valence-electron chi connectivity index (χ0n) is 15.4. The molecule has 0 unspecified atom stereocenters. The van der Waals surface area contributed by atoms with Gasteiger partial charge in [-0.25, -0.2) is 8.42 Å².